The number of hydrogen-bond donors (Lipinski definition) is 1. The van der Waals surface area contributed by atoms with Gasteiger partial charge in [0.15, 0.2) is 0 Å². The van der Waals surface area contributed by atoms with Gasteiger partial charge in [0.2, 0.25) is 11.8 Å². The van der Waals surface area contributed by atoms with Crippen LogP contribution in [-0.2, 0) is 9.59 Å². The molecular formula is C15H26N2O3. The van der Waals surface area contributed by atoms with E-state index in [9.17, 15) is 14.4 Å². The number of unbranched alkanes of at least 4 members (excludes halogenated alkanes) is 1. The van der Waals surface area contributed by atoms with E-state index in [1.54, 1.807) is 0 Å². The van der Waals surface area contributed by atoms with E-state index < -0.39 is 17.4 Å². The van der Waals surface area contributed by atoms with Crippen LogP contribution < -0.4 is 5.32 Å². The van der Waals surface area contributed by atoms with Gasteiger partial charge in [-0.1, -0.05) is 34.1 Å². The number of barbiturate groups is 1. The average Bonchev–Trinajstić information content (AvgIpc) is 2.38. The molecule has 5 heteroatoms. The van der Waals surface area contributed by atoms with Crippen molar-refractivity contribution in [2.75, 3.05) is 6.54 Å². The molecule has 0 bridgehead atoms. The first-order valence-electron chi connectivity index (χ1n) is 7.56. The Hall–Kier alpha value is -1.39. The summed E-state index contributed by atoms with van der Waals surface area (Å²) in [5.74, 6) is -0.327. The van der Waals surface area contributed by atoms with Crippen molar-refractivity contribution in [1.82, 2.24) is 10.2 Å². The zero-order valence-corrected chi connectivity index (χ0v) is 13.0. The Morgan fingerprint density at radius 1 is 1.20 bits per heavy atom. The highest BCUT2D eigenvalue weighted by Crippen LogP contribution is 2.35. The van der Waals surface area contributed by atoms with Crippen molar-refractivity contribution < 1.29 is 14.4 Å². The second-order valence-corrected chi connectivity index (χ2v) is 5.94. The fraction of sp³-hybridized carbons (Fsp3) is 0.800. The number of amides is 4. The topological polar surface area (TPSA) is 66.5 Å². The van der Waals surface area contributed by atoms with Gasteiger partial charge in [-0.25, -0.2) is 4.79 Å². The Labute approximate surface area is 121 Å². The van der Waals surface area contributed by atoms with E-state index in [1.165, 1.54) is 4.90 Å². The first kappa shape index (κ1) is 16.7. The standard InChI is InChI=1S/C15H26N2O3/c1-5-7-10-17-13(19)15(6-2,9-8-11(3)4)12(18)16-14(17)20/h11H,5-10H2,1-4H3,(H,16,18,20). The Morgan fingerprint density at radius 2 is 1.85 bits per heavy atom. The number of imide groups is 2. The summed E-state index contributed by atoms with van der Waals surface area (Å²) in [6.45, 7) is 8.36. The van der Waals surface area contributed by atoms with Crippen LogP contribution in [0, 0.1) is 11.3 Å². The molecule has 5 nitrogen and oxygen atoms in total. The average molecular weight is 282 g/mol. The third-order valence-corrected chi connectivity index (χ3v) is 4.04. The molecule has 1 saturated heterocycles. The van der Waals surface area contributed by atoms with Gasteiger partial charge in [0.25, 0.3) is 0 Å². The smallest absolute Gasteiger partial charge is 0.277 e. The third kappa shape index (κ3) is 3.19. The molecule has 4 amide bonds. The maximum absolute atomic E-state index is 12.7. The fourth-order valence-electron chi connectivity index (χ4n) is 2.50. The minimum absolute atomic E-state index is 0.317. The molecule has 0 radical (unpaired) electrons. The van der Waals surface area contributed by atoms with Crippen LogP contribution in [0.15, 0.2) is 0 Å². The molecule has 1 aliphatic rings. The summed E-state index contributed by atoms with van der Waals surface area (Å²) >= 11 is 0. The zero-order valence-electron chi connectivity index (χ0n) is 13.0. The summed E-state index contributed by atoms with van der Waals surface area (Å²) in [4.78, 5) is 37.9. The van der Waals surface area contributed by atoms with Gasteiger partial charge in [-0.2, -0.15) is 0 Å². The molecule has 0 aromatic heterocycles. The van der Waals surface area contributed by atoms with Crippen molar-refractivity contribution in [3.05, 3.63) is 0 Å². The van der Waals surface area contributed by atoms with Gasteiger partial charge in [-0.15, -0.1) is 0 Å². The Bertz CT molecular complexity index is 393. The molecule has 1 rings (SSSR count). The van der Waals surface area contributed by atoms with Gasteiger partial charge in [0.1, 0.15) is 5.41 Å². The molecule has 1 heterocycles. The molecule has 0 aromatic rings. The molecule has 20 heavy (non-hydrogen) atoms. The van der Waals surface area contributed by atoms with Gasteiger partial charge in [0, 0.05) is 6.54 Å². The lowest BCUT2D eigenvalue weighted by atomic mass is 9.75. The van der Waals surface area contributed by atoms with Crippen molar-refractivity contribution in [1.29, 1.82) is 0 Å². The molecule has 1 atom stereocenters. The number of urea groups is 1. The lowest BCUT2D eigenvalue weighted by Crippen LogP contribution is -2.63. The van der Waals surface area contributed by atoms with E-state index in [1.807, 2.05) is 13.8 Å². The van der Waals surface area contributed by atoms with E-state index in [-0.39, 0.29) is 5.91 Å². The number of carbonyl (C=O) groups is 3. The number of nitrogens with zero attached hydrogens (tertiary/aromatic N) is 1. The molecule has 0 aromatic carbocycles. The van der Waals surface area contributed by atoms with Crippen LogP contribution in [0.2, 0.25) is 0 Å². The highest BCUT2D eigenvalue weighted by molar-refractivity contribution is 6.19. The van der Waals surface area contributed by atoms with Crippen LogP contribution >= 0.6 is 0 Å². The predicted octanol–water partition coefficient (Wildman–Crippen LogP) is 2.70. The molecular weight excluding hydrogens is 256 g/mol. The SMILES string of the molecule is CCCCN1C(=O)NC(=O)C(CC)(CCC(C)C)C1=O. The van der Waals surface area contributed by atoms with Crippen molar-refractivity contribution in [2.24, 2.45) is 11.3 Å². The number of hydrogen-bond acceptors (Lipinski definition) is 3. The van der Waals surface area contributed by atoms with E-state index in [2.05, 4.69) is 19.2 Å². The van der Waals surface area contributed by atoms with Gasteiger partial charge >= 0.3 is 6.03 Å². The third-order valence-electron chi connectivity index (χ3n) is 4.04. The van der Waals surface area contributed by atoms with Gasteiger partial charge < -0.3 is 0 Å². The summed E-state index contributed by atoms with van der Waals surface area (Å²) in [6.07, 6.45) is 3.39. The summed E-state index contributed by atoms with van der Waals surface area (Å²) in [6, 6.07) is -0.568. The fourth-order valence-corrected chi connectivity index (χ4v) is 2.50. The Morgan fingerprint density at radius 3 is 2.35 bits per heavy atom. The Balaban J connectivity index is 2.98. The van der Waals surface area contributed by atoms with Crippen LogP contribution in [0.4, 0.5) is 4.79 Å². The van der Waals surface area contributed by atoms with Crippen molar-refractivity contribution in [3.8, 4) is 0 Å². The number of rotatable bonds is 7. The van der Waals surface area contributed by atoms with Gasteiger partial charge in [-0.3, -0.25) is 19.8 Å². The minimum atomic E-state index is -1.06. The molecule has 0 aliphatic carbocycles. The predicted molar refractivity (Wildman–Crippen MR) is 77.0 cm³/mol. The zero-order chi connectivity index (χ0) is 15.3. The molecule has 0 saturated carbocycles. The molecule has 114 valence electrons. The van der Waals surface area contributed by atoms with Crippen molar-refractivity contribution in [2.45, 2.75) is 59.8 Å². The van der Waals surface area contributed by atoms with Crippen molar-refractivity contribution in [3.63, 3.8) is 0 Å². The highest BCUT2D eigenvalue weighted by Gasteiger charge is 2.51. The highest BCUT2D eigenvalue weighted by atomic mass is 16.2. The lowest BCUT2D eigenvalue weighted by Gasteiger charge is -2.39. The second kappa shape index (κ2) is 6.86. The van der Waals surface area contributed by atoms with Crippen LogP contribution in [0.1, 0.15) is 59.8 Å². The molecule has 1 N–H and O–H groups in total. The van der Waals surface area contributed by atoms with E-state index in [0.717, 1.165) is 19.3 Å². The molecule has 0 spiro atoms. The maximum Gasteiger partial charge on any atom is 0.330 e. The molecule has 1 unspecified atom stereocenters. The summed E-state index contributed by atoms with van der Waals surface area (Å²) in [5, 5.41) is 2.36. The van der Waals surface area contributed by atoms with Gasteiger partial charge in [0.05, 0.1) is 0 Å². The van der Waals surface area contributed by atoms with E-state index in [0.29, 0.717) is 25.3 Å². The quantitative estimate of drug-likeness (QED) is 0.730. The van der Waals surface area contributed by atoms with Crippen molar-refractivity contribution >= 4 is 17.8 Å². The molecule has 1 aliphatic heterocycles. The van der Waals surface area contributed by atoms with Crippen LogP contribution in [0.25, 0.3) is 0 Å². The maximum atomic E-state index is 12.7. The van der Waals surface area contributed by atoms with Gasteiger partial charge in [-0.05, 0) is 31.6 Å². The molecule has 1 fully saturated rings. The lowest BCUT2D eigenvalue weighted by molar-refractivity contribution is -0.152. The monoisotopic (exact) mass is 282 g/mol. The minimum Gasteiger partial charge on any atom is -0.277 e. The van der Waals surface area contributed by atoms with E-state index >= 15 is 0 Å². The first-order chi connectivity index (χ1) is 9.39. The first-order valence-corrected chi connectivity index (χ1v) is 7.56. The number of carbonyl (C=O) groups excluding carboxylic acids is 3. The van der Waals surface area contributed by atoms with E-state index in [4.69, 9.17) is 0 Å². The number of nitrogens with one attached hydrogen (secondary N) is 1. The Kier molecular flexibility index (Phi) is 5.72. The van der Waals surface area contributed by atoms with Crippen LogP contribution in [0.5, 0.6) is 0 Å². The summed E-state index contributed by atoms with van der Waals surface area (Å²) < 4.78 is 0. The summed E-state index contributed by atoms with van der Waals surface area (Å²) in [5.41, 5.74) is -1.06. The largest absolute Gasteiger partial charge is 0.330 e. The normalized spacial score (nSPS) is 23.4. The van der Waals surface area contributed by atoms with Crippen LogP contribution in [0.3, 0.4) is 0 Å². The van der Waals surface area contributed by atoms with Crippen LogP contribution in [-0.4, -0.2) is 29.3 Å². The summed E-state index contributed by atoms with van der Waals surface area (Å²) in [7, 11) is 0. The second-order valence-electron chi connectivity index (χ2n) is 5.94.